The van der Waals surface area contributed by atoms with Gasteiger partial charge in [0.15, 0.2) is 1.41 Å². The van der Waals surface area contributed by atoms with E-state index in [1.807, 2.05) is 0 Å². The van der Waals surface area contributed by atoms with Gasteiger partial charge in [0.05, 0.1) is 20.3 Å². The Labute approximate surface area is 186 Å². The Morgan fingerprint density at radius 1 is 1.24 bits per heavy atom. The standard InChI is InChI=1S/C22H28N2O5/c1-22(2,3)29-21(27)24(13-14-25)15-20(26)23-18-9-11-19(12-10-18)28-16-17-7-5-4-6-8-17/h4-12,25H,13-16H2,1-3H3,(H,23,26)/i5D,7D,9D,10D,11D,12D,15D2,16D2/hD. The number of benzene rings is 2. The predicted molar refractivity (Wildman–Crippen MR) is 111 cm³/mol. The topological polar surface area (TPSA) is 88.1 Å². The second kappa shape index (κ2) is 10.5. The van der Waals surface area contributed by atoms with Crippen LogP contribution in [0.1, 0.15) is 40.0 Å². The van der Waals surface area contributed by atoms with Gasteiger partial charge in [-0.1, -0.05) is 30.3 Å². The quantitative estimate of drug-likeness (QED) is 0.695. The molecule has 0 radical (unpaired) electrons. The van der Waals surface area contributed by atoms with E-state index >= 15 is 0 Å². The molecule has 2 aromatic carbocycles. The van der Waals surface area contributed by atoms with E-state index in [2.05, 4.69) is 0 Å². The molecule has 0 aliphatic carbocycles. The molecule has 0 saturated heterocycles. The van der Waals surface area contributed by atoms with Crippen LogP contribution in [0.25, 0.3) is 0 Å². The van der Waals surface area contributed by atoms with Gasteiger partial charge in [0.1, 0.15) is 24.4 Å². The molecule has 0 atom stereocenters. The molecule has 2 amide bonds. The fourth-order valence-corrected chi connectivity index (χ4v) is 1.77. The fourth-order valence-electron chi connectivity index (χ4n) is 1.77. The van der Waals surface area contributed by atoms with E-state index in [1.165, 1.54) is 32.9 Å². The SMILES string of the molecule is [2H]c1cccc(C([2H])([2H])Oc2c([2H])c([2H])c(N([2H])C(=O)C([2H])([2H])N(CCO)C(=O)OC(C)(C)C)c([2H])c2[2H])c1[2H]. The Balaban J connectivity index is 2.54. The minimum atomic E-state index is -3.35. The molecule has 2 aromatic rings. The summed E-state index contributed by atoms with van der Waals surface area (Å²) in [5, 5.41) is 9.04. The Kier molecular flexibility index (Phi) is 4.05. The molecule has 7 heteroatoms. The number of amides is 2. The van der Waals surface area contributed by atoms with Gasteiger partial charge in [-0.3, -0.25) is 9.69 Å². The molecule has 2 N–H and O–H groups in total. The van der Waals surface area contributed by atoms with Crippen LogP contribution in [0, 0.1) is 0 Å². The molecule has 0 aromatic heterocycles. The number of aliphatic hydroxyl groups excluding tert-OH is 1. The predicted octanol–water partition coefficient (Wildman–Crippen LogP) is 3.43. The highest BCUT2D eigenvalue weighted by molar-refractivity contribution is 5.93. The van der Waals surface area contributed by atoms with Gasteiger partial charge in [-0.2, -0.15) is 0 Å². The van der Waals surface area contributed by atoms with Gasteiger partial charge in [-0.25, -0.2) is 4.79 Å². The van der Waals surface area contributed by atoms with Gasteiger partial charge in [0, 0.05) is 12.2 Å². The van der Waals surface area contributed by atoms with Crippen LogP contribution < -0.4 is 10.0 Å². The Bertz CT molecular complexity index is 1270. The van der Waals surface area contributed by atoms with Crippen LogP contribution in [0.2, 0.25) is 1.41 Å². The zero-order valence-electron chi connectivity index (χ0n) is 27.1. The number of nitrogens with one attached hydrogen (secondary N) is 1. The molecule has 0 heterocycles. The number of rotatable bonds is 8. The minimum Gasteiger partial charge on any atom is -0.489 e. The van der Waals surface area contributed by atoms with Crippen molar-refractivity contribution in [2.75, 3.05) is 25.0 Å². The molecule has 0 fully saturated rings. The highest BCUT2D eigenvalue weighted by Gasteiger charge is 2.23. The smallest absolute Gasteiger partial charge is 0.410 e. The summed E-state index contributed by atoms with van der Waals surface area (Å²) in [6.07, 6.45) is -1.34. The van der Waals surface area contributed by atoms with Crippen molar-refractivity contribution >= 4 is 17.7 Å². The summed E-state index contributed by atoms with van der Waals surface area (Å²) in [4.78, 5) is 25.8. The number of hydrogen-bond donors (Lipinski definition) is 2. The van der Waals surface area contributed by atoms with Crippen LogP contribution in [-0.2, 0) is 16.1 Å². The second-order valence-corrected chi connectivity index (χ2v) is 6.47. The number of ether oxygens (including phenoxy) is 2. The van der Waals surface area contributed by atoms with Crippen molar-refractivity contribution in [1.29, 1.82) is 0 Å². The van der Waals surface area contributed by atoms with Crippen molar-refractivity contribution in [3.8, 4) is 5.75 Å². The lowest BCUT2D eigenvalue weighted by Crippen LogP contribution is -2.42. The van der Waals surface area contributed by atoms with Crippen molar-refractivity contribution in [1.82, 2.24) is 4.90 Å². The van der Waals surface area contributed by atoms with E-state index in [0.29, 0.717) is 0 Å². The summed E-state index contributed by atoms with van der Waals surface area (Å²) in [5.74, 6) is -2.75. The molecule has 29 heavy (non-hydrogen) atoms. The molecule has 0 spiro atoms. The first-order valence-electron chi connectivity index (χ1n) is 13.9. The lowest BCUT2D eigenvalue weighted by molar-refractivity contribution is -0.117. The summed E-state index contributed by atoms with van der Waals surface area (Å²) < 4.78 is 99.7. The molecular weight excluding hydrogens is 372 g/mol. The van der Waals surface area contributed by atoms with Crippen molar-refractivity contribution in [3.63, 3.8) is 0 Å². The average Bonchev–Trinajstić information content (AvgIpc) is 2.83. The molecule has 0 aliphatic rings. The Hall–Kier alpha value is -3.06. The van der Waals surface area contributed by atoms with Crippen molar-refractivity contribution in [3.05, 3.63) is 60.0 Å². The lowest BCUT2D eigenvalue weighted by Gasteiger charge is -2.26. The summed E-state index contributed by atoms with van der Waals surface area (Å²) in [5.41, 5.74) is -2.58. The van der Waals surface area contributed by atoms with E-state index in [9.17, 15) is 14.7 Å². The molecule has 2 rings (SSSR count). The maximum atomic E-state index is 13.1. The van der Waals surface area contributed by atoms with Gasteiger partial charge in [-0.15, -0.1) is 0 Å². The number of hydrogen-bond acceptors (Lipinski definition) is 5. The van der Waals surface area contributed by atoms with Crippen LogP contribution in [0.15, 0.2) is 54.5 Å². The summed E-state index contributed by atoms with van der Waals surface area (Å²) in [7, 11) is 0. The Morgan fingerprint density at radius 3 is 2.62 bits per heavy atom. The van der Waals surface area contributed by atoms with Crippen LogP contribution in [0.5, 0.6) is 5.75 Å². The van der Waals surface area contributed by atoms with E-state index in [-0.39, 0.29) is 16.3 Å². The summed E-state index contributed by atoms with van der Waals surface area (Å²) in [6, 6.07) is -1.42. The van der Waals surface area contributed by atoms with E-state index in [1.54, 1.807) is 0 Å². The largest absolute Gasteiger partial charge is 0.489 e. The van der Waals surface area contributed by atoms with Crippen molar-refractivity contribution in [2.24, 2.45) is 0 Å². The van der Waals surface area contributed by atoms with Gasteiger partial charge in [-0.05, 0) is 50.5 Å². The minimum absolute atomic E-state index is 0.212. The number of nitrogens with zero attached hydrogens (tertiary/aromatic N) is 1. The average molecular weight is 412 g/mol. The maximum Gasteiger partial charge on any atom is 0.410 e. The molecule has 0 bridgehead atoms. The van der Waals surface area contributed by atoms with E-state index < -0.39 is 91.0 Å². The summed E-state index contributed by atoms with van der Waals surface area (Å²) >= 11 is 0. The zero-order chi connectivity index (χ0) is 31.0. The van der Waals surface area contributed by atoms with Gasteiger partial charge in [0.25, 0.3) is 0 Å². The number of carbonyl (C=O) groups excluding carboxylic acids is 2. The van der Waals surface area contributed by atoms with Crippen LogP contribution in [0.4, 0.5) is 10.5 Å². The lowest BCUT2D eigenvalue weighted by atomic mass is 10.2. The van der Waals surface area contributed by atoms with Gasteiger partial charge >= 0.3 is 6.09 Å². The molecular formula is C22H28N2O5. The third-order valence-electron chi connectivity index (χ3n) is 2.88. The highest BCUT2D eigenvalue weighted by Crippen LogP contribution is 2.17. The molecule has 7 nitrogen and oxygen atoms in total. The van der Waals surface area contributed by atoms with E-state index in [0.717, 1.165) is 6.07 Å². The first kappa shape index (κ1) is 11.2. The number of carbonyl (C=O) groups is 2. The summed E-state index contributed by atoms with van der Waals surface area (Å²) in [6.45, 7) is -3.35. The van der Waals surface area contributed by atoms with Gasteiger partial charge < -0.3 is 19.9 Å². The number of anilines is 1. The van der Waals surface area contributed by atoms with Crippen LogP contribution in [-0.4, -0.2) is 47.3 Å². The Morgan fingerprint density at radius 2 is 1.97 bits per heavy atom. The first-order valence-corrected chi connectivity index (χ1v) is 8.50. The van der Waals surface area contributed by atoms with Gasteiger partial charge in [0.2, 0.25) is 5.91 Å². The second-order valence-electron chi connectivity index (χ2n) is 6.47. The highest BCUT2D eigenvalue weighted by atomic mass is 16.6. The molecule has 0 aliphatic heterocycles. The molecule has 0 saturated carbocycles. The van der Waals surface area contributed by atoms with Crippen molar-refractivity contribution in [2.45, 2.75) is 32.9 Å². The first-order chi connectivity index (χ1) is 18.2. The fraction of sp³-hybridized carbons (Fsp3) is 0.364. The monoisotopic (exact) mass is 411 g/mol. The normalized spacial score (nSPS) is 17.3. The van der Waals surface area contributed by atoms with E-state index in [4.69, 9.17) is 24.6 Å². The zero-order valence-corrected chi connectivity index (χ0v) is 16.1. The van der Waals surface area contributed by atoms with Crippen molar-refractivity contribution < 1.29 is 39.3 Å². The third-order valence-corrected chi connectivity index (χ3v) is 2.88. The molecule has 156 valence electrons. The van der Waals surface area contributed by atoms with Crippen LogP contribution in [0.3, 0.4) is 0 Å². The maximum absolute atomic E-state index is 13.1. The number of aliphatic hydroxyl groups is 1. The third kappa shape index (κ3) is 8.23. The molecule has 0 unspecified atom stereocenters. The van der Waals surface area contributed by atoms with Crippen LogP contribution >= 0.6 is 0 Å².